The quantitative estimate of drug-likeness (QED) is 0.156. The number of benzene rings is 4. The van der Waals surface area contributed by atoms with Crippen LogP contribution in [-0.4, -0.2) is 40.7 Å². The van der Waals surface area contributed by atoms with Gasteiger partial charge < -0.3 is 19.3 Å². The van der Waals surface area contributed by atoms with Crippen LogP contribution < -0.4 is 0 Å². The molecule has 4 aromatic carbocycles. The second-order valence-corrected chi connectivity index (χ2v) is 12.0. The molecule has 1 fully saturated rings. The van der Waals surface area contributed by atoms with Gasteiger partial charge in [-0.2, -0.15) is 0 Å². The molecular formula is C32H32O4S2. The van der Waals surface area contributed by atoms with Gasteiger partial charge in [0.2, 0.25) is 0 Å². The van der Waals surface area contributed by atoms with Gasteiger partial charge in [-0.15, -0.1) is 23.5 Å². The highest BCUT2D eigenvalue weighted by molar-refractivity contribution is 8.17. The zero-order valence-corrected chi connectivity index (χ0v) is 22.7. The lowest BCUT2D eigenvalue weighted by Crippen LogP contribution is -2.50. The van der Waals surface area contributed by atoms with E-state index >= 15 is 0 Å². The second kappa shape index (κ2) is 13.5. The second-order valence-electron chi connectivity index (χ2n) is 9.30. The van der Waals surface area contributed by atoms with Crippen LogP contribution in [-0.2, 0) is 27.4 Å². The standard InChI is InChI=1S/C32H32O4S2/c33-32(23-34-21-25-13-5-1-6-14-25)24-36-29(30(32)35-22-26-15-7-2-8-16-26)31(37-27-17-9-3-10-18-27)38-28-19-11-4-12-20-28/h1-20,29-31,33H,21-24H2/t29-,30+,32+/m1/s1. The van der Waals surface area contributed by atoms with Crippen molar-refractivity contribution < 1.29 is 19.3 Å². The molecule has 4 aromatic rings. The van der Waals surface area contributed by atoms with Crippen molar-refractivity contribution in [2.24, 2.45) is 0 Å². The fourth-order valence-corrected chi connectivity index (χ4v) is 7.15. The average Bonchev–Trinajstić information content (AvgIpc) is 3.29. The van der Waals surface area contributed by atoms with E-state index < -0.39 is 11.7 Å². The Hall–Kier alpha value is -2.58. The topological polar surface area (TPSA) is 47.9 Å². The smallest absolute Gasteiger partial charge is 0.140 e. The number of hydrogen-bond acceptors (Lipinski definition) is 6. The summed E-state index contributed by atoms with van der Waals surface area (Å²) in [5.74, 6) is 0. The highest BCUT2D eigenvalue weighted by atomic mass is 32.2. The van der Waals surface area contributed by atoms with Gasteiger partial charge in [0.05, 0.1) is 31.0 Å². The zero-order valence-electron chi connectivity index (χ0n) is 21.1. The molecule has 1 saturated heterocycles. The summed E-state index contributed by atoms with van der Waals surface area (Å²) in [5, 5.41) is 11.9. The Morgan fingerprint density at radius 1 is 0.711 bits per heavy atom. The third kappa shape index (κ3) is 7.29. The van der Waals surface area contributed by atoms with Gasteiger partial charge in [0, 0.05) is 9.79 Å². The molecule has 196 valence electrons. The summed E-state index contributed by atoms with van der Waals surface area (Å²) in [5.41, 5.74) is 0.834. The largest absolute Gasteiger partial charge is 0.382 e. The summed E-state index contributed by atoms with van der Waals surface area (Å²) in [6, 6.07) is 40.7. The van der Waals surface area contributed by atoms with Crippen LogP contribution in [0.15, 0.2) is 131 Å². The van der Waals surface area contributed by atoms with Gasteiger partial charge in [0.15, 0.2) is 0 Å². The van der Waals surface area contributed by atoms with Crippen LogP contribution in [0.3, 0.4) is 0 Å². The summed E-state index contributed by atoms with van der Waals surface area (Å²) < 4.78 is 18.9. The molecular weight excluding hydrogens is 512 g/mol. The number of hydrogen-bond donors (Lipinski definition) is 1. The van der Waals surface area contributed by atoms with Crippen molar-refractivity contribution in [3.63, 3.8) is 0 Å². The van der Waals surface area contributed by atoms with Gasteiger partial charge in [-0.25, -0.2) is 0 Å². The van der Waals surface area contributed by atoms with E-state index in [9.17, 15) is 5.11 Å². The summed E-state index contributed by atoms with van der Waals surface area (Å²) in [7, 11) is 0. The average molecular weight is 545 g/mol. The molecule has 6 heteroatoms. The molecule has 0 radical (unpaired) electrons. The number of aliphatic hydroxyl groups is 1. The molecule has 1 heterocycles. The first kappa shape index (κ1) is 27.0. The first-order valence-electron chi connectivity index (χ1n) is 12.7. The van der Waals surface area contributed by atoms with E-state index in [0.29, 0.717) is 13.2 Å². The van der Waals surface area contributed by atoms with Gasteiger partial charge >= 0.3 is 0 Å². The van der Waals surface area contributed by atoms with Gasteiger partial charge in [-0.05, 0) is 35.4 Å². The number of rotatable bonds is 12. The van der Waals surface area contributed by atoms with Crippen molar-refractivity contribution in [1.29, 1.82) is 0 Å². The molecule has 1 N–H and O–H groups in total. The summed E-state index contributed by atoms with van der Waals surface area (Å²) in [4.78, 5) is 2.28. The van der Waals surface area contributed by atoms with Crippen LogP contribution in [0.25, 0.3) is 0 Å². The van der Waals surface area contributed by atoms with Gasteiger partial charge in [0.25, 0.3) is 0 Å². The lowest BCUT2D eigenvalue weighted by Gasteiger charge is -2.33. The first-order valence-corrected chi connectivity index (χ1v) is 14.5. The number of ether oxygens (including phenoxy) is 3. The van der Waals surface area contributed by atoms with Crippen LogP contribution in [0.5, 0.6) is 0 Å². The zero-order chi connectivity index (χ0) is 26.0. The van der Waals surface area contributed by atoms with Crippen LogP contribution in [0.4, 0.5) is 0 Å². The normalized spacial score (nSPS) is 21.1. The summed E-state index contributed by atoms with van der Waals surface area (Å²) in [6.45, 7) is 1.06. The van der Waals surface area contributed by atoms with E-state index in [1.165, 1.54) is 0 Å². The van der Waals surface area contributed by atoms with E-state index in [0.717, 1.165) is 20.9 Å². The first-order chi connectivity index (χ1) is 18.7. The van der Waals surface area contributed by atoms with E-state index in [2.05, 4.69) is 24.3 Å². The van der Waals surface area contributed by atoms with E-state index in [-0.39, 0.29) is 23.9 Å². The molecule has 0 bridgehead atoms. The van der Waals surface area contributed by atoms with Crippen molar-refractivity contribution in [3.05, 3.63) is 132 Å². The van der Waals surface area contributed by atoms with Gasteiger partial charge in [-0.1, -0.05) is 97.1 Å². The third-order valence-corrected chi connectivity index (χ3v) is 9.02. The van der Waals surface area contributed by atoms with Crippen molar-refractivity contribution in [2.45, 2.75) is 45.4 Å². The fraction of sp³-hybridized carbons (Fsp3) is 0.250. The van der Waals surface area contributed by atoms with Crippen molar-refractivity contribution in [3.8, 4) is 0 Å². The molecule has 1 aliphatic heterocycles. The third-order valence-electron chi connectivity index (χ3n) is 6.35. The Morgan fingerprint density at radius 3 is 1.71 bits per heavy atom. The van der Waals surface area contributed by atoms with Crippen molar-refractivity contribution in [2.75, 3.05) is 13.2 Å². The molecule has 4 nitrogen and oxygen atoms in total. The minimum Gasteiger partial charge on any atom is -0.382 e. The van der Waals surface area contributed by atoms with Gasteiger partial charge in [-0.3, -0.25) is 0 Å². The molecule has 0 aliphatic carbocycles. The molecule has 3 atom stereocenters. The SMILES string of the molecule is O[C@@]1(COCc2ccccc2)CO[C@@H](C(Sc2ccccc2)Sc2ccccc2)[C@@H]1OCc1ccccc1. The maximum Gasteiger partial charge on any atom is 0.140 e. The Labute approximate surface area is 233 Å². The van der Waals surface area contributed by atoms with Crippen LogP contribution in [0.1, 0.15) is 11.1 Å². The lowest BCUT2D eigenvalue weighted by molar-refractivity contribution is -0.130. The molecule has 0 amide bonds. The summed E-state index contributed by atoms with van der Waals surface area (Å²) >= 11 is 3.47. The Kier molecular flexibility index (Phi) is 9.57. The van der Waals surface area contributed by atoms with Crippen molar-refractivity contribution in [1.82, 2.24) is 0 Å². The van der Waals surface area contributed by atoms with E-state index in [1.54, 1.807) is 23.5 Å². The molecule has 1 aliphatic rings. The molecule has 0 aromatic heterocycles. The monoisotopic (exact) mass is 544 g/mol. The maximum atomic E-state index is 11.9. The highest BCUT2D eigenvalue weighted by Gasteiger charge is 2.53. The Bertz CT molecular complexity index is 1190. The Morgan fingerprint density at radius 2 is 1.18 bits per heavy atom. The maximum absolute atomic E-state index is 11.9. The van der Waals surface area contributed by atoms with Gasteiger partial charge in [0.1, 0.15) is 17.8 Å². The van der Waals surface area contributed by atoms with E-state index in [4.69, 9.17) is 14.2 Å². The Balaban J connectivity index is 1.38. The molecule has 0 unspecified atom stereocenters. The fourth-order valence-electron chi connectivity index (χ4n) is 4.42. The molecule has 0 saturated carbocycles. The molecule has 0 spiro atoms. The predicted molar refractivity (Wildman–Crippen MR) is 154 cm³/mol. The lowest BCUT2D eigenvalue weighted by atomic mass is 9.97. The minimum absolute atomic E-state index is 0.0521. The number of thioether (sulfide) groups is 2. The van der Waals surface area contributed by atoms with Crippen LogP contribution >= 0.6 is 23.5 Å². The molecule has 5 rings (SSSR count). The predicted octanol–water partition coefficient (Wildman–Crippen LogP) is 6.83. The van der Waals surface area contributed by atoms with Crippen molar-refractivity contribution >= 4 is 23.5 Å². The summed E-state index contributed by atoms with van der Waals surface area (Å²) in [6.07, 6.45) is -0.935. The molecule has 38 heavy (non-hydrogen) atoms. The van der Waals surface area contributed by atoms with Crippen LogP contribution in [0.2, 0.25) is 0 Å². The van der Waals surface area contributed by atoms with E-state index in [1.807, 2.05) is 97.1 Å². The minimum atomic E-state index is -1.28. The van der Waals surface area contributed by atoms with Crippen LogP contribution in [0, 0.1) is 0 Å². The highest BCUT2D eigenvalue weighted by Crippen LogP contribution is 2.44.